The van der Waals surface area contributed by atoms with Crippen LogP contribution in [0.3, 0.4) is 0 Å². The van der Waals surface area contributed by atoms with Crippen LogP contribution in [0.1, 0.15) is 81.9 Å². The molecule has 0 spiro atoms. The highest BCUT2D eigenvalue weighted by Crippen LogP contribution is 2.44. The van der Waals surface area contributed by atoms with Crippen LogP contribution in [0.25, 0.3) is 0 Å². The monoisotopic (exact) mass is 786 g/mol. The van der Waals surface area contributed by atoms with E-state index in [1.165, 1.54) is 57.9 Å². The summed E-state index contributed by atoms with van der Waals surface area (Å²) in [5.41, 5.74) is 2.95. The molecule has 0 aromatic heterocycles. The minimum absolute atomic E-state index is 0.0156. The first-order valence-electron chi connectivity index (χ1n) is 18.3. The fourth-order valence-corrected chi connectivity index (χ4v) is 7.46. The molecule has 4 rings (SSSR count). The Morgan fingerprint density at radius 3 is 1.91 bits per heavy atom. The van der Waals surface area contributed by atoms with Crippen LogP contribution in [0.15, 0.2) is 81.5 Å². The van der Waals surface area contributed by atoms with E-state index in [1.54, 1.807) is 0 Å². The molecule has 54 heavy (non-hydrogen) atoms. The van der Waals surface area contributed by atoms with Gasteiger partial charge in [-0.1, -0.05) is 75.4 Å². The van der Waals surface area contributed by atoms with Gasteiger partial charge in [0.2, 0.25) is 0 Å². The quantitative estimate of drug-likeness (QED) is 0.0512. The maximum Gasteiger partial charge on any atom is 0.328 e. The number of fused-ring (bicyclic) bond motifs is 2. The highest BCUT2D eigenvalue weighted by Gasteiger charge is 2.30. The maximum atomic E-state index is 12.1. The molecule has 1 atom stereocenters. The van der Waals surface area contributed by atoms with Crippen LogP contribution < -0.4 is 0 Å². The molecule has 2 aromatic carbocycles. The van der Waals surface area contributed by atoms with E-state index in [2.05, 4.69) is 65.4 Å². The van der Waals surface area contributed by atoms with Gasteiger partial charge in [0.05, 0.1) is 6.61 Å². The highest BCUT2D eigenvalue weighted by molar-refractivity contribution is 7.99. The van der Waals surface area contributed by atoms with Gasteiger partial charge >= 0.3 is 29.8 Å². The van der Waals surface area contributed by atoms with Gasteiger partial charge in [0.1, 0.15) is 0 Å². The van der Waals surface area contributed by atoms with Crippen molar-refractivity contribution in [1.82, 2.24) is 9.80 Å². The number of aliphatic carboxylic acids is 4. The largest absolute Gasteiger partial charge is 0.478 e. The van der Waals surface area contributed by atoms with Gasteiger partial charge in [-0.3, -0.25) is 9.69 Å². The van der Waals surface area contributed by atoms with Crippen molar-refractivity contribution in [1.29, 1.82) is 0 Å². The molecule has 0 aliphatic carbocycles. The van der Waals surface area contributed by atoms with E-state index < -0.39 is 23.9 Å². The van der Waals surface area contributed by atoms with Crippen LogP contribution in [-0.4, -0.2) is 106 Å². The fourth-order valence-electron chi connectivity index (χ4n) is 5.90. The lowest BCUT2D eigenvalue weighted by molar-refractivity contribution is -0.144. The summed E-state index contributed by atoms with van der Waals surface area (Å²) in [4.78, 5) is 59.7. The Balaban J connectivity index is 0.000000526. The third kappa shape index (κ3) is 19.3. The van der Waals surface area contributed by atoms with Crippen LogP contribution in [0.5, 0.6) is 0 Å². The number of benzene rings is 2. The van der Waals surface area contributed by atoms with E-state index in [9.17, 15) is 24.0 Å². The Morgan fingerprint density at radius 2 is 1.33 bits per heavy atom. The predicted octanol–water partition coefficient (Wildman–Crippen LogP) is 7.27. The van der Waals surface area contributed by atoms with Crippen molar-refractivity contribution in [2.24, 2.45) is 0 Å². The lowest BCUT2D eigenvalue weighted by Gasteiger charge is -2.39. The number of piperazine rings is 1. The summed E-state index contributed by atoms with van der Waals surface area (Å²) in [7, 11) is 0. The normalized spacial score (nSPS) is 15.5. The minimum Gasteiger partial charge on any atom is -0.478 e. The third-order valence-electron chi connectivity index (χ3n) is 8.63. The van der Waals surface area contributed by atoms with E-state index in [-0.39, 0.29) is 5.97 Å². The molecule has 1 fully saturated rings. The van der Waals surface area contributed by atoms with Gasteiger partial charge in [-0.05, 0) is 60.9 Å². The number of rotatable bonds is 18. The number of nitrogens with zero attached hydrogens (tertiary/aromatic N) is 2. The maximum absolute atomic E-state index is 12.1. The smallest absolute Gasteiger partial charge is 0.328 e. The third-order valence-corrected chi connectivity index (χ3v) is 10.6. The topological polar surface area (TPSA) is 182 Å². The van der Waals surface area contributed by atoms with Gasteiger partial charge < -0.3 is 30.1 Å². The summed E-state index contributed by atoms with van der Waals surface area (Å²) < 4.78 is 5.52. The molecule has 12 nitrogen and oxygen atoms in total. The molecular formula is C40H54N2O10S2. The van der Waals surface area contributed by atoms with Crippen molar-refractivity contribution in [2.45, 2.75) is 91.9 Å². The molecule has 0 radical (unpaired) electrons. The van der Waals surface area contributed by atoms with Gasteiger partial charge in [0.15, 0.2) is 0 Å². The van der Waals surface area contributed by atoms with Gasteiger partial charge in [-0.25, -0.2) is 19.2 Å². The summed E-state index contributed by atoms with van der Waals surface area (Å²) in [5.74, 6) is -5.04. The Labute approximate surface area is 326 Å². The minimum atomic E-state index is -1.26. The molecule has 296 valence electrons. The zero-order valence-corrected chi connectivity index (χ0v) is 32.8. The first-order chi connectivity index (χ1) is 25.9. The van der Waals surface area contributed by atoms with Crippen LogP contribution in [0.2, 0.25) is 0 Å². The zero-order chi connectivity index (χ0) is 39.7. The number of hydrogen-bond donors (Lipinski definition) is 4. The molecule has 0 amide bonds. The van der Waals surface area contributed by atoms with E-state index in [4.69, 9.17) is 25.2 Å². The van der Waals surface area contributed by atoms with Crippen LogP contribution >= 0.6 is 23.5 Å². The van der Waals surface area contributed by atoms with E-state index in [0.717, 1.165) is 58.4 Å². The highest BCUT2D eigenvalue weighted by atomic mass is 32.2. The van der Waals surface area contributed by atoms with Gasteiger partial charge in [0, 0.05) is 84.2 Å². The number of ether oxygens (including phenoxy) is 1. The number of hydrogen-bond acceptors (Lipinski definition) is 10. The lowest BCUT2D eigenvalue weighted by atomic mass is 9.96. The van der Waals surface area contributed by atoms with Crippen molar-refractivity contribution < 1.29 is 49.1 Å². The van der Waals surface area contributed by atoms with Crippen molar-refractivity contribution in [3.63, 3.8) is 0 Å². The number of carboxylic acids is 4. The van der Waals surface area contributed by atoms with Crippen molar-refractivity contribution in [3.05, 3.63) is 77.9 Å². The molecule has 14 heteroatoms. The summed E-state index contributed by atoms with van der Waals surface area (Å²) in [5, 5.41) is 31.2. The molecule has 2 aromatic rings. The molecule has 1 unspecified atom stereocenters. The second-order valence-electron chi connectivity index (χ2n) is 12.7. The number of carbonyl (C=O) groups excluding carboxylic acids is 1. The molecule has 2 aliphatic rings. The Kier molecular flexibility index (Phi) is 22.7. The Bertz CT molecular complexity index is 1490. The number of carboxylic acid groups (broad SMARTS) is 4. The van der Waals surface area contributed by atoms with Gasteiger partial charge in [-0.15, -0.1) is 11.8 Å². The van der Waals surface area contributed by atoms with Crippen molar-refractivity contribution in [3.8, 4) is 0 Å². The van der Waals surface area contributed by atoms with Crippen molar-refractivity contribution in [2.75, 3.05) is 45.6 Å². The SMILES string of the molecule is CCCCCCCCCC(=O)OCCCN1CCN(C2Cc3ccccc3Sc3ccc(SC)cc32)CC1.O=C(O)/C=C\C(=O)O.O=C(O)/C=C\C(=O)O. The number of esters is 1. The lowest BCUT2D eigenvalue weighted by Crippen LogP contribution is -2.48. The standard InChI is InChI=1S/C32H46N2O2S2.2C4H4O4/c1-3-4-5-6-7-8-9-15-32(35)36-23-12-18-33-19-21-34(22-20-33)29-24-26-13-10-11-14-30(26)38-31-17-16-27(37-2)25-28(29)31;2*5-3(6)1-2-4(7)8/h10-11,13-14,16-17,25,29H,3-9,12,15,18-24H2,1-2H3;2*1-2H,(H,5,6)(H,7,8)/b;2*2-1-. The van der Waals surface area contributed by atoms with E-state index in [1.807, 2.05) is 23.5 Å². The summed E-state index contributed by atoms with van der Waals surface area (Å²) >= 11 is 3.76. The number of unbranched alkanes of at least 4 members (excludes halogenated alkanes) is 6. The second-order valence-corrected chi connectivity index (χ2v) is 14.6. The molecular weight excluding hydrogens is 733 g/mol. The summed E-state index contributed by atoms with van der Waals surface area (Å²) in [6.07, 6.45) is 15.6. The van der Waals surface area contributed by atoms with Crippen molar-refractivity contribution >= 4 is 53.4 Å². The molecule has 4 N–H and O–H groups in total. The number of carbonyl (C=O) groups is 5. The van der Waals surface area contributed by atoms with Crippen LogP contribution in [-0.2, 0) is 35.1 Å². The predicted molar refractivity (Wildman–Crippen MR) is 210 cm³/mol. The Hall–Kier alpha value is -4.11. The summed E-state index contributed by atoms with van der Waals surface area (Å²) in [6.45, 7) is 8.12. The van der Waals surface area contributed by atoms with E-state index in [0.29, 0.717) is 43.4 Å². The van der Waals surface area contributed by atoms with Gasteiger partial charge in [-0.2, -0.15) is 0 Å². The summed E-state index contributed by atoms with van der Waals surface area (Å²) in [6, 6.07) is 16.4. The zero-order valence-electron chi connectivity index (χ0n) is 31.2. The molecule has 1 saturated heterocycles. The average molecular weight is 787 g/mol. The van der Waals surface area contributed by atoms with Crippen LogP contribution in [0, 0.1) is 0 Å². The molecule has 0 bridgehead atoms. The first-order valence-corrected chi connectivity index (χ1v) is 20.3. The number of thioether (sulfide) groups is 1. The fraction of sp³-hybridized carbons (Fsp3) is 0.475. The first kappa shape index (κ1) is 46.0. The average Bonchev–Trinajstić information content (AvgIpc) is 3.32. The second kappa shape index (κ2) is 26.6. The molecule has 0 saturated carbocycles. The van der Waals surface area contributed by atoms with E-state index >= 15 is 0 Å². The van der Waals surface area contributed by atoms with Gasteiger partial charge in [0.25, 0.3) is 0 Å². The van der Waals surface area contributed by atoms with Crippen LogP contribution in [0.4, 0.5) is 0 Å². The molecule has 2 aliphatic heterocycles. The Morgan fingerprint density at radius 1 is 0.759 bits per heavy atom. The molecule has 2 heterocycles.